The van der Waals surface area contributed by atoms with Gasteiger partial charge in [0.05, 0.1) is 0 Å². The highest BCUT2D eigenvalue weighted by Crippen LogP contribution is 1.94. The molecule has 0 aliphatic heterocycles. The second-order valence-electron chi connectivity index (χ2n) is 7.07. The molecule has 0 unspecified atom stereocenters. The lowest BCUT2D eigenvalue weighted by atomic mass is 10.2. The average Bonchev–Trinajstić information content (AvgIpc) is 2.16. The van der Waals surface area contributed by atoms with E-state index in [-0.39, 0.29) is 0 Å². The van der Waals surface area contributed by atoms with E-state index < -0.39 is 0 Å². The summed E-state index contributed by atoms with van der Waals surface area (Å²) in [5.41, 5.74) is 0. The van der Waals surface area contributed by atoms with Crippen LogP contribution in [0.5, 0.6) is 0 Å². The van der Waals surface area contributed by atoms with E-state index in [1.807, 2.05) is 0 Å². The first kappa shape index (κ1) is 26.5. The van der Waals surface area contributed by atoms with Crippen molar-refractivity contribution in [3.05, 3.63) is 0 Å². The maximum absolute atomic E-state index is 2.22. The Morgan fingerprint density at radius 2 is 0.500 bits per heavy atom. The van der Waals surface area contributed by atoms with Crippen molar-refractivity contribution in [2.24, 2.45) is 23.7 Å². The highest BCUT2D eigenvalue weighted by molar-refractivity contribution is 4.33. The van der Waals surface area contributed by atoms with Gasteiger partial charge in [-0.3, -0.25) is 0 Å². The van der Waals surface area contributed by atoms with E-state index in [9.17, 15) is 0 Å². The standard InChI is InChI=1S/2C5H12.2C4H10/c2*1-4-5(2)3;2*1-4(2)3/h2*5H,4H2,1-3H3;2*4H,1-3H3. The van der Waals surface area contributed by atoms with Crippen molar-refractivity contribution in [3.8, 4) is 0 Å². The summed E-state index contributed by atoms with van der Waals surface area (Å²) in [6, 6.07) is 0. The van der Waals surface area contributed by atoms with Gasteiger partial charge in [-0.15, -0.1) is 0 Å². The third kappa shape index (κ3) is 225. The minimum absolute atomic E-state index is 0.833. The van der Waals surface area contributed by atoms with Crippen molar-refractivity contribution in [2.75, 3.05) is 0 Å². The first-order valence-corrected chi connectivity index (χ1v) is 8.00. The fourth-order valence-electron chi connectivity index (χ4n) is 0. The van der Waals surface area contributed by atoms with Crippen LogP contribution in [0.3, 0.4) is 0 Å². The molecule has 0 N–H and O–H groups in total. The molecular formula is C18H44. The summed E-state index contributed by atoms with van der Waals surface area (Å²) < 4.78 is 0. The van der Waals surface area contributed by atoms with Gasteiger partial charge in [0.15, 0.2) is 0 Å². The van der Waals surface area contributed by atoms with Crippen molar-refractivity contribution in [1.29, 1.82) is 0 Å². The Morgan fingerprint density at radius 1 is 0.444 bits per heavy atom. The Kier molecular flexibility index (Phi) is 32.7. The summed E-state index contributed by atoms with van der Waals surface area (Å²) >= 11 is 0. The Bertz CT molecular complexity index is 79.1. The third-order valence-electron chi connectivity index (χ3n) is 1.63. The van der Waals surface area contributed by atoms with Crippen LogP contribution in [0.25, 0.3) is 0 Å². The van der Waals surface area contributed by atoms with E-state index in [0.717, 1.165) is 23.7 Å². The quantitative estimate of drug-likeness (QED) is 0.484. The number of rotatable bonds is 2. The molecule has 0 aromatic rings. The van der Waals surface area contributed by atoms with Gasteiger partial charge in [0, 0.05) is 0 Å². The highest BCUT2D eigenvalue weighted by atomic mass is 13.9. The fourth-order valence-corrected chi connectivity index (χ4v) is 0. The zero-order chi connectivity index (χ0) is 15.7. The van der Waals surface area contributed by atoms with Crippen molar-refractivity contribution in [3.63, 3.8) is 0 Å². The van der Waals surface area contributed by atoms with E-state index in [0.29, 0.717) is 0 Å². The summed E-state index contributed by atoms with van der Waals surface area (Å²) in [7, 11) is 0. The number of hydrogen-bond donors (Lipinski definition) is 0. The molecule has 0 aromatic heterocycles. The first-order valence-electron chi connectivity index (χ1n) is 8.00. The molecule has 0 aliphatic carbocycles. The molecule has 0 atom stereocenters. The lowest BCUT2D eigenvalue weighted by Gasteiger charge is -1.90. The summed E-state index contributed by atoms with van der Waals surface area (Å²) in [6.07, 6.45) is 2.61. The maximum atomic E-state index is 2.22. The molecule has 0 fully saturated rings. The Labute approximate surface area is 120 Å². The molecule has 116 valence electrons. The van der Waals surface area contributed by atoms with Crippen molar-refractivity contribution >= 4 is 0 Å². The molecule has 18 heavy (non-hydrogen) atoms. The summed E-state index contributed by atoms with van der Waals surface area (Å²) in [6.45, 7) is 26.3. The van der Waals surface area contributed by atoms with E-state index in [1.165, 1.54) is 12.8 Å². The van der Waals surface area contributed by atoms with Crippen LogP contribution in [0.4, 0.5) is 0 Å². The van der Waals surface area contributed by atoms with E-state index in [1.54, 1.807) is 0 Å². The van der Waals surface area contributed by atoms with Gasteiger partial charge in [-0.25, -0.2) is 0 Å². The molecule has 0 aromatic carbocycles. The predicted octanol–water partition coefficient (Wildman–Crippen LogP) is 7.43. The second-order valence-corrected chi connectivity index (χ2v) is 7.07. The van der Waals surface area contributed by atoms with Gasteiger partial charge in [0.25, 0.3) is 0 Å². The van der Waals surface area contributed by atoms with Crippen LogP contribution in [0, 0.1) is 23.7 Å². The molecule has 0 aliphatic rings. The van der Waals surface area contributed by atoms with Crippen LogP contribution >= 0.6 is 0 Å². The molecule has 0 bridgehead atoms. The van der Waals surface area contributed by atoms with E-state index in [2.05, 4.69) is 83.1 Å². The summed E-state index contributed by atoms with van der Waals surface area (Å²) in [5, 5.41) is 0. The van der Waals surface area contributed by atoms with Gasteiger partial charge in [0.2, 0.25) is 0 Å². The topological polar surface area (TPSA) is 0 Å². The van der Waals surface area contributed by atoms with Crippen LogP contribution in [0.2, 0.25) is 0 Å². The second kappa shape index (κ2) is 22.2. The maximum Gasteiger partial charge on any atom is -0.0474 e. The van der Waals surface area contributed by atoms with Crippen molar-refractivity contribution in [2.45, 2.75) is 95.9 Å². The SMILES string of the molecule is CC(C)C.CC(C)C.CCC(C)C.CCC(C)C. The molecule has 0 heteroatoms. The predicted molar refractivity (Wildman–Crippen MR) is 91.3 cm³/mol. The molecule has 0 radical (unpaired) electrons. The minimum atomic E-state index is 0.833. The largest absolute Gasteiger partial charge is 0.0651 e. The summed E-state index contributed by atoms with van der Waals surface area (Å²) in [4.78, 5) is 0. The first-order chi connectivity index (χ1) is 8.00. The van der Waals surface area contributed by atoms with E-state index >= 15 is 0 Å². The molecule has 0 amide bonds. The molecule has 0 spiro atoms. The molecule has 0 heterocycles. The highest BCUT2D eigenvalue weighted by Gasteiger charge is 1.80. The van der Waals surface area contributed by atoms with Crippen LogP contribution in [-0.4, -0.2) is 0 Å². The van der Waals surface area contributed by atoms with Crippen LogP contribution < -0.4 is 0 Å². The van der Waals surface area contributed by atoms with Crippen LogP contribution in [-0.2, 0) is 0 Å². The fraction of sp³-hybridized carbons (Fsp3) is 1.00. The minimum Gasteiger partial charge on any atom is -0.0651 e. The lowest BCUT2D eigenvalue weighted by Crippen LogP contribution is -1.77. The zero-order valence-electron chi connectivity index (χ0n) is 15.7. The average molecular weight is 261 g/mol. The van der Waals surface area contributed by atoms with Gasteiger partial charge in [0.1, 0.15) is 0 Å². The van der Waals surface area contributed by atoms with Gasteiger partial charge in [-0.1, -0.05) is 95.9 Å². The van der Waals surface area contributed by atoms with Crippen LogP contribution in [0.1, 0.15) is 95.9 Å². The number of hydrogen-bond acceptors (Lipinski definition) is 0. The monoisotopic (exact) mass is 260 g/mol. The normalized spacial score (nSPS) is 9.33. The van der Waals surface area contributed by atoms with Crippen LogP contribution in [0.15, 0.2) is 0 Å². The lowest BCUT2D eigenvalue weighted by molar-refractivity contribution is 0.626. The molecule has 0 nitrogen and oxygen atoms in total. The van der Waals surface area contributed by atoms with E-state index in [4.69, 9.17) is 0 Å². The Morgan fingerprint density at radius 3 is 0.500 bits per heavy atom. The molecule has 0 rings (SSSR count). The summed E-state index contributed by atoms with van der Waals surface area (Å²) in [5.74, 6) is 3.44. The smallest absolute Gasteiger partial charge is 0.0474 e. The van der Waals surface area contributed by atoms with Crippen molar-refractivity contribution in [1.82, 2.24) is 0 Å². The van der Waals surface area contributed by atoms with Gasteiger partial charge >= 0.3 is 0 Å². The molecule has 0 saturated heterocycles. The van der Waals surface area contributed by atoms with Gasteiger partial charge in [-0.2, -0.15) is 0 Å². The van der Waals surface area contributed by atoms with Gasteiger partial charge < -0.3 is 0 Å². The molecule has 0 saturated carbocycles. The Hall–Kier alpha value is 0. The third-order valence-corrected chi connectivity index (χ3v) is 1.63. The molecular weight excluding hydrogens is 216 g/mol. The Balaban J connectivity index is -0.0000000731. The van der Waals surface area contributed by atoms with Crippen molar-refractivity contribution < 1.29 is 0 Å². The van der Waals surface area contributed by atoms with Gasteiger partial charge in [-0.05, 0) is 23.7 Å². The zero-order valence-corrected chi connectivity index (χ0v) is 15.7.